The highest BCUT2D eigenvalue weighted by atomic mass is 32.2. The number of pyridine rings is 1. The van der Waals surface area contributed by atoms with Crippen LogP contribution in [-0.2, 0) is 10.0 Å². The van der Waals surface area contributed by atoms with Crippen LogP contribution in [0.4, 0.5) is 17.2 Å². The van der Waals surface area contributed by atoms with Crippen molar-refractivity contribution in [3.8, 4) is 5.75 Å². The summed E-state index contributed by atoms with van der Waals surface area (Å²) >= 11 is 1.23. The third-order valence-electron chi connectivity index (χ3n) is 3.45. The van der Waals surface area contributed by atoms with Crippen LogP contribution in [0.15, 0.2) is 58.9 Å². The molecule has 0 spiro atoms. The van der Waals surface area contributed by atoms with Crippen molar-refractivity contribution in [3.63, 3.8) is 0 Å². The van der Waals surface area contributed by atoms with Gasteiger partial charge in [-0.15, -0.1) is 11.3 Å². The molecule has 6 nitrogen and oxygen atoms in total. The summed E-state index contributed by atoms with van der Waals surface area (Å²) in [4.78, 5) is 5.21. The molecule has 2 heterocycles. The number of para-hydroxylation sites is 2. The van der Waals surface area contributed by atoms with Gasteiger partial charge in [-0.2, -0.15) is 0 Å². The number of ether oxygens (including phenoxy) is 1. The largest absolute Gasteiger partial charge is 0.492 e. The van der Waals surface area contributed by atoms with Gasteiger partial charge in [-0.3, -0.25) is 4.72 Å². The first-order chi connectivity index (χ1) is 12.5. The summed E-state index contributed by atoms with van der Waals surface area (Å²) in [5.41, 5.74) is 1.20. The van der Waals surface area contributed by atoms with Crippen molar-refractivity contribution in [3.05, 3.63) is 59.6 Å². The fourth-order valence-electron chi connectivity index (χ4n) is 2.28. The van der Waals surface area contributed by atoms with Gasteiger partial charge in [-0.25, -0.2) is 13.4 Å². The van der Waals surface area contributed by atoms with E-state index in [0.717, 1.165) is 16.3 Å². The van der Waals surface area contributed by atoms with Crippen LogP contribution in [0.2, 0.25) is 0 Å². The van der Waals surface area contributed by atoms with Crippen LogP contribution in [0.3, 0.4) is 0 Å². The monoisotopic (exact) mass is 389 g/mol. The van der Waals surface area contributed by atoms with Crippen molar-refractivity contribution in [2.75, 3.05) is 16.6 Å². The molecule has 3 rings (SSSR count). The normalized spacial score (nSPS) is 11.2. The Balaban J connectivity index is 1.73. The third-order valence-corrected chi connectivity index (χ3v) is 6.32. The lowest BCUT2D eigenvalue weighted by atomic mass is 10.3. The molecule has 0 bridgehead atoms. The number of benzene rings is 1. The maximum Gasteiger partial charge on any atom is 0.271 e. The number of nitrogens with one attached hydrogen (secondary N) is 2. The minimum Gasteiger partial charge on any atom is -0.492 e. The molecule has 0 saturated heterocycles. The number of aryl methyl sites for hydroxylation is 1. The van der Waals surface area contributed by atoms with E-state index in [1.165, 1.54) is 17.5 Å². The maximum atomic E-state index is 12.3. The molecule has 0 radical (unpaired) electrons. The molecule has 0 aliphatic rings. The van der Waals surface area contributed by atoms with Gasteiger partial charge in [0.15, 0.2) is 0 Å². The van der Waals surface area contributed by atoms with Crippen LogP contribution in [0.5, 0.6) is 5.75 Å². The minimum atomic E-state index is -3.59. The molecule has 3 aromatic rings. The van der Waals surface area contributed by atoms with Crippen molar-refractivity contribution < 1.29 is 13.2 Å². The molecule has 2 N–H and O–H groups in total. The molecule has 0 aliphatic carbocycles. The van der Waals surface area contributed by atoms with E-state index < -0.39 is 10.0 Å². The van der Waals surface area contributed by atoms with Crippen LogP contribution < -0.4 is 14.8 Å². The number of rotatable bonds is 7. The van der Waals surface area contributed by atoms with Crippen LogP contribution in [0.25, 0.3) is 0 Å². The summed E-state index contributed by atoms with van der Waals surface area (Å²) < 4.78 is 33.1. The number of hydrogen-bond donors (Lipinski definition) is 2. The number of nitrogens with zero attached hydrogens (tertiary/aromatic N) is 1. The summed E-state index contributed by atoms with van der Waals surface area (Å²) in [5.74, 6) is 1.32. The Morgan fingerprint density at radius 1 is 1.12 bits per heavy atom. The lowest BCUT2D eigenvalue weighted by molar-refractivity contribution is 0.342. The number of sulfonamides is 1. The van der Waals surface area contributed by atoms with Gasteiger partial charge in [-0.1, -0.05) is 12.1 Å². The van der Waals surface area contributed by atoms with Gasteiger partial charge in [0.1, 0.15) is 15.8 Å². The summed E-state index contributed by atoms with van der Waals surface area (Å²) in [6.45, 7) is 4.35. The zero-order valence-electron chi connectivity index (χ0n) is 14.4. The molecule has 2 aromatic heterocycles. The molecule has 0 aliphatic heterocycles. The van der Waals surface area contributed by atoms with Crippen LogP contribution in [0.1, 0.15) is 11.8 Å². The van der Waals surface area contributed by atoms with E-state index in [1.54, 1.807) is 24.3 Å². The van der Waals surface area contributed by atoms with Gasteiger partial charge in [0.25, 0.3) is 10.0 Å². The third kappa shape index (κ3) is 4.33. The summed E-state index contributed by atoms with van der Waals surface area (Å²) in [7, 11) is -3.59. The van der Waals surface area contributed by atoms with E-state index in [4.69, 9.17) is 4.74 Å². The maximum absolute atomic E-state index is 12.3. The highest BCUT2D eigenvalue weighted by Crippen LogP contribution is 2.27. The molecule has 8 heteroatoms. The van der Waals surface area contributed by atoms with Crippen molar-refractivity contribution in [2.45, 2.75) is 18.1 Å². The number of hydrogen-bond acceptors (Lipinski definition) is 6. The number of anilines is 3. The number of aromatic nitrogens is 1. The smallest absolute Gasteiger partial charge is 0.271 e. The first-order valence-electron chi connectivity index (χ1n) is 8.02. The Morgan fingerprint density at radius 2 is 1.92 bits per heavy atom. The fourth-order valence-corrected chi connectivity index (χ4v) is 4.61. The molecular formula is C18H19N3O3S2. The van der Waals surface area contributed by atoms with Gasteiger partial charge >= 0.3 is 0 Å². The lowest BCUT2D eigenvalue weighted by Gasteiger charge is -2.12. The van der Waals surface area contributed by atoms with Crippen LogP contribution in [-0.4, -0.2) is 20.0 Å². The van der Waals surface area contributed by atoms with Crippen molar-refractivity contribution >= 4 is 38.6 Å². The van der Waals surface area contributed by atoms with Crippen molar-refractivity contribution in [1.29, 1.82) is 0 Å². The van der Waals surface area contributed by atoms with Gasteiger partial charge < -0.3 is 10.1 Å². The molecule has 26 heavy (non-hydrogen) atoms. The fraction of sp³-hybridized carbons (Fsp3) is 0.167. The van der Waals surface area contributed by atoms with E-state index in [1.807, 2.05) is 38.1 Å². The number of thiophene rings is 1. The van der Waals surface area contributed by atoms with Crippen molar-refractivity contribution in [1.82, 2.24) is 4.98 Å². The Hall–Kier alpha value is -2.58. The predicted octanol–water partition coefficient (Wildman–Crippen LogP) is 4.39. The van der Waals surface area contributed by atoms with E-state index in [2.05, 4.69) is 15.0 Å². The second-order valence-electron chi connectivity index (χ2n) is 5.46. The summed E-state index contributed by atoms with van der Waals surface area (Å²) in [6, 6.07) is 14.3. The molecule has 0 atom stereocenters. The SMILES string of the molecule is CCOc1ccccc1Nc1ccc(NS(=O)(=O)c2ccc(C)s2)cn1. The Morgan fingerprint density at radius 3 is 2.58 bits per heavy atom. The van der Waals surface area contributed by atoms with Gasteiger partial charge in [0.05, 0.1) is 24.2 Å². The lowest BCUT2D eigenvalue weighted by Crippen LogP contribution is -2.11. The van der Waals surface area contributed by atoms with Gasteiger partial charge in [0.2, 0.25) is 0 Å². The molecule has 0 amide bonds. The molecule has 0 unspecified atom stereocenters. The Bertz CT molecular complexity index is 983. The molecular weight excluding hydrogens is 370 g/mol. The molecule has 1 aromatic carbocycles. The molecule has 0 fully saturated rings. The quantitative estimate of drug-likeness (QED) is 0.626. The predicted molar refractivity (Wildman–Crippen MR) is 105 cm³/mol. The van der Waals surface area contributed by atoms with E-state index >= 15 is 0 Å². The highest BCUT2D eigenvalue weighted by Gasteiger charge is 2.16. The highest BCUT2D eigenvalue weighted by molar-refractivity contribution is 7.94. The first-order valence-corrected chi connectivity index (χ1v) is 10.3. The summed E-state index contributed by atoms with van der Waals surface area (Å²) in [5, 5.41) is 3.17. The molecule has 0 saturated carbocycles. The van der Waals surface area contributed by atoms with Gasteiger partial charge in [-0.05, 0) is 50.2 Å². The standard InChI is InChI=1S/C18H19N3O3S2/c1-3-24-16-7-5-4-6-15(16)20-17-10-9-14(12-19-17)21-26(22,23)18-11-8-13(2)25-18/h4-12,21H,3H2,1-2H3,(H,19,20). The molecule has 136 valence electrons. The minimum absolute atomic E-state index is 0.280. The van der Waals surface area contributed by atoms with E-state index in [-0.39, 0.29) is 4.21 Å². The van der Waals surface area contributed by atoms with Gasteiger partial charge in [0, 0.05) is 4.88 Å². The van der Waals surface area contributed by atoms with Crippen LogP contribution in [0, 0.1) is 6.92 Å². The zero-order chi connectivity index (χ0) is 18.6. The first kappa shape index (κ1) is 18.2. The average molecular weight is 390 g/mol. The Kier molecular flexibility index (Phi) is 5.43. The van der Waals surface area contributed by atoms with Crippen molar-refractivity contribution in [2.24, 2.45) is 0 Å². The summed E-state index contributed by atoms with van der Waals surface area (Å²) in [6.07, 6.45) is 1.48. The second-order valence-corrected chi connectivity index (χ2v) is 8.65. The van der Waals surface area contributed by atoms with Crippen LogP contribution >= 0.6 is 11.3 Å². The Labute approximate surface area is 156 Å². The average Bonchev–Trinajstić information content (AvgIpc) is 3.06. The van der Waals surface area contributed by atoms with E-state index in [0.29, 0.717) is 18.1 Å². The second kappa shape index (κ2) is 7.76. The van der Waals surface area contributed by atoms with E-state index in [9.17, 15) is 8.42 Å². The zero-order valence-corrected chi connectivity index (χ0v) is 16.0. The topological polar surface area (TPSA) is 80.3 Å².